The molecular weight excluding hydrogens is 717 g/mol. The fourth-order valence-electron chi connectivity index (χ4n) is 9.71. The first-order valence-corrected chi connectivity index (χ1v) is 20.1. The normalized spacial score (nSPS) is 12.9. The molecule has 0 amide bonds. The van der Waals surface area contributed by atoms with Gasteiger partial charge in [-0.25, -0.2) is 15.0 Å². The Labute approximate surface area is 342 Å². The molecule has 0 aliphatic heterocycles. The fourth-order valence-corrected chi connectivity index (χ4v) is 9.71. The minimum Gasteiger partial charge on any atom is -0.253 e. The van der Waals surface area contributed by atoms with Crippen molar-refractivity contribution in [3.05, 3.63) is 229 Å². The van der Waals surface area contributed by atoms with Crippen molar-refractivity contribution in [1.82, 2.24) is 19.9 Å². The summed E-state index contributed by atoms with van der Waals surface area (Å²) in [6.45, 7) is 0. The van der Waals surface area contributed by atoms with Crippen LogP contribution in [-0.2, 0) is 5.41 Å². The molecule has 274 valence electrons. The van der Waals surface area contributed by atoms with Crippen LogP contribution in [0.5, 0.6) is 0 Å². The second kappa shape index (κ2) is 13.1. The molecule has 4 heteroatoms. The van der Waals surface area contributed by atoms with Crippen LogP contribution in [0, 0.1) is 0 Å². The van der Waals surface area contributed by atoms with Gasteiger partial charge in [-0.1, -0.05) is 182 Å². The van der Waals surface area contributed by atoms with E-state index in [1.807, 2.05) is 18.2 Å². The highest BCUT2D eigenvalue weighted by atomic mass is 15.0. The van der Waals surface area contributed by atoms with E-state index in [-0.39, 0.29) is 0 Å². The van der Waals surface area contributed by atoms with E-state index in [1.54, 1.807) is 6.20 Å². The number of nitrogens with zero attached hydrogens (tertiary/aromatic N) is 4. The van der Waals surface area contributed by atoms with Gasteiger partial charge in [0.2, 0.25) is 0 Å². The zero-order valence-corrected chi connectivity index (χ0v) is 31.9. The zero-order chi connectivity index (χ0) is 38.9. The molecule has 0 fully saturated rings. The summed E-state index contributed by atoms with van der Waals surface area (Å²) in [5.74, 6) is 1.72. The summed E-state index contributed by atoms with van der Waals surface area (Å²) in [5, 5.41) is 2.44. The molecule has 1 spiro atoms. The quantitative estimate of drug-likeness (QED) is 0.180. The lowest BCUT2D eigenvalue weighted by Gasteiger charge is -2.35. The van der Waals surface area contributed by atoms with Gasteiger partial charge >= 0.3 is 0 Å². The molecular formula is C55H34N4. The number of benzene rings is 8. The smallest absolute Gasteiger partial charge is 0.182 e. The van der Waals surface area contributed by atoms with Gasteiger partial charge in [0.1, 0.15) is 5.69 Å². The Morgan fingerprint density at radius 1 is 0.305 bits per heavy atom. The Bertz CT molecular complexity index is 3230. The average Bonchev–Trinajstić information content (AvgIpc) is 3.56. The molecule has 2 aliphatic carbocycles. The van der Waals surface area contributed by atoms with Gasteiger partial charge in [-0.3, -0.25) is 4.98 Å². The van der Waals surface area contributed by atoms with Crippen molar-refractivity contribution in [2.75, 3.05) is 0 Å². The molecule has 4 nitrogen and oxygen atoms in total. The third-order valence-electron chi connectivity index (χ3n) is 12.2. The third-order valence-corrected chi connectivity index (χ3v) is 12.2. The minimum atomic E-state index is -0.550. The van der Waals surface area contributed by atoms with Crippen molar-refractivity contribution < 1.29 is 0 Å². The van der Waals surface area contributed by atoms with Gasteiger partial charge in [0.25, 0.3) is 0 Å². The number of fused-ring (bicyclic) bond motifs is 13. The molecule has 2 heterocycles. The summed E-state index contributed by atoms with van der Waals surface area (Å²) < 4.78 is 0. The van der Waals surface area contributed by atoms with Crippen LogP contribution in [-0.4, -0.2) is 19.9 Å². The van der Waals surface area contributed by atoms with E-state index >= 15 is 0 Å². The van der Waals surface area contributed by atoms with E-state index < -0.39 is 5.41 Å². The molecule has 0 saturated heterocycles. The standard InChI is InChI=1S/C55H34N4/c1-2-16-39-35(14-1)15-13-22-40(39)36-27-29-37(30-28-36)52-57-53(59-54(58-52)51-26-11-12-33-56-51)38-31-32-50-46(34-38)42-18-4-3-17-41(42)43-19-5-8-23-47(43)55(50)48-24-9-6-20-44(48)45-21-7-10-25-49(45)55/h1-34H. The molecule has 0 radical (unpaired) electrons. The highest BCUT2D eigenvalue weighted by molar-refractivity contribution is 5.99. The van der Waals surface area contributed by atoms with Gasteiger partial charge in [-0.2, -0.15) is 0 Å². The van der Waals surface area contributed by atoms with Crippen LogP contribution in [0.2, 0.25) is 0 Å². The van der Waals surface area contributed by atoms with Gasteiger partial charge in [0.05, 0.1) is 5.41 Å². The SMILES string of the molecule is c1ccc(-c2nc(-c3ccc(-c4cccc5ccccc45)cc3)nc(-c3ccc4c(c3)-c3ccccc3-c3ccccc3C43c4ccccc4-c4ccccc43)n2)nc1. The summed E-state index contributed by atoms with van der Waals surface area (Å²) in [7, 11) is 0. The molecule has 0 unspecified atom stereocenters. The first-order valence-electron chi connectivity index (χ1n) is 20.1. The van der Waals surface area contributed by atoms with Gasteiger partial charge in [0, 0.05) is 17.3 Å². The lowest BCUT2D eigenvalue weighted by atomic mass is 9.66. The van der Waals surface area contributed by atoms with Crippen LogP contribution < -0.4 is 0 Å². The summed E-state index contributed by atoms with van der Waals surface area (Å²) in [4.78, 5) is 20.1. The number of hydrogen-bond donors (Lipinski definition) is 0. The molecule has 0 atom stereocenters. The molecule has 12 rings (SSSR count). The van der Waals surface area contributed by atoms with Gasteiger partial charge in [-0.15, -0.1) is 0 Å². The first-order chi connectivity index (χ1) is 29.3. The molecule has 10 aromatic rings. The van der Waals surface area contributed by atoms with Crippen molar-refractivity contribution in [3.63, 3.8) is 0 Å². The van der Waals surface area contributed by atoms with Gasteiger partial charge in [0.15, 0.2) is 17.5 Å². The number of rotatable bonds is 4. The molecule has 0 saturated carbocycles. The molecule has 8 aromatic carbocycles. The summed E-state index contributed by atoms with van der Waals surface area (Å²) >= 11 is 0. The maximum absolute atomic E-state index is 5.23. The predicted octanol–water partition coefficient (Wildman–Crippen LogP) is 13.1. The Balaban J connectivity index is 1.08. The topological polar surface area (TPSA) is 51.6 Å². The average molecular weight is 751 g/mol. The second-order valence-electron chi connectivity index (χ2n) is 15.3. The highest BCUT2D eigenvalue weighted by Gasteiger charge is 2.49. The molecule has 0 N–H and O–H groups in total. The second-order valence-corrected chi connectivity index (χ2v) is 15.3. The van der Waals surface area contributed by atoms with Crippen molar-refractivity contribution in [1.29, 1.82) is 0 Å². The van der Waals surface area contributed by atoms with Crippen LogP contribution >= 0.6 is 0 Å². The Morgan fingerprint density at radius 3 is 1.46 bits per heavy atom. The van der Waals surface area contributed by atoms with E-state index in [0.29, 0.717) is 23.2 Å². The number of hydrogen-bond acceptors (Lipinski definition) is 4. The summed E-state index contributed by atoms with van der Waals surface area (Å²) in [6.07, 6.45) is 1.78. The highest BCUT2D eigenvalue weighted by Crippen LogP contribution is 2.61. The first kappa shape index (κ1) is 33.3. The van der Waals surface area contributed by atoms with E-state index in [1.165, 1.54) is 66.4 Å². The third kappa shape index (κ3) is 5.03. The molecule has 2 aromatic heterocycles. The Hall–Kier alpha value is -7.82. The zero-order valence-electron chi connectivity index (χ0n) is 31.9. The predicted molar refractivity (Wildman–Crippen MR) is 239 cm³/mol. The van der Waals surface area contributed by atoms with E-state index in [9.17, 15) is 0 Å². The van der Waals surface area contributed by atoms with Crippen LogP contribution in [0.4, 0.5) is 0 Å². The molecule has 59 heavy (non-hydrogen) atoms. The number of aromatic nitrogens is 4. The van der Waals surface area contributed by atoms with E-state index in [4.69, 9.17) is 15.0 Å². The lowest BCUT2D eigenvalue weighted by Crippen LogP contribution is -2.29. The van der Waals surface area contributed by atoms with E-state index in [2.05, 4.69) is 187 Å². The number of pyridine rings is 1. The monoisotopic (exact) mass is 750 g/mol. The fraction of sp³-hybridized carbons (Fsp3) is 0.0182. The van der Waals surface area contributed by atoms with Gasteiger partial charge in [-0.05, 0) is 95.7 Å². The van der Waals surface area contributed by atoms with Crippen molar-refractivity contribution in [3.8, 4) is 78.8 Å². The Morgan fingerprint density at radius 2 is 0.780 bits per heavy atom. The van der Waals surface area contributed by atoms with Crippen molar-refractivity contribution >= 4 is 10.8 Å². The van der Waals surface area contributed by atoms with Crippen LogP contribution in [0.1, 0.15) is 22.3 Å². The van der Waals surface area contributed by atoms with E-state index in [0.717, 1.165) is 22.3 Å². The van der Waals surface area contributed by atoms with Crippen molar-refractivity contribution in [2.45, 2.75) is 5.41 Å². The summed E-state index contributed by atoms with van der Waals surface area (Å²) in [5.41, 5.74) is 16.7. The maximum atomic E-state index is 5.23. The minimum absolute atomic E-state index is 0.529. The Kier molecular flexibility index (Phi) is 7.41. The van der Waals surface area contributed by atoms with Crippen molar-refractivity contribution in [2.24, 2.45) is 0 Å². The van der Waals surface area contributed by atoms with Gasteiger partial charge < -0.3 is 0 Å². The lowest BCUT2D eigenvalue weighted by molar-refractivity contribution is 0.775. The largest absolute Gasteiger partial charge is 0.253 e. The molecule has 0 bridgehead atoms. The van der Waals surface area contributed by atoms with Crippen LogP contribution in [0.3, 0.4) is 0 Å². The molecule has 2 aliphatic rings. The summed E-state index contributed by atoms with van der Waals surface area (Å²) in [6, 6.07) is 71.8. The maximum Gasteiger partial charge on any atom is 0.182 e. The van der Waals surface area contributed by atoms with Crippen LogP contribution in [0.15, 0.2) is 206 Å². The van der Waals surface area contributed by atoms with Crippen LogP contribution in [0.25, 0.3) is 89.6 Å².